The van der Waals surface area contributed by atoms with E-state index < -0.39 is 24.1 Å². The first-order chi connectivity index (χ1) is 12.0. The zero-order valence-electron chi connectivity index (χ0n) is 13.4. The summed E-state index contributed by atoms with van der Waals surface area (Å²) in [6.45, 7) is 1.24. The van der Waals surface area contributed by atoms with Gasteiger partial charge in [-0.25, -0.2) is 8.78 Å². The summed E-state index contributed by atoms with van der Waals surface area (Å²) in [6, 6.07) is 8.97. The molecule has 132 valence electrons. The Morgan fingerprint density at radius 1 is 1.16 bits per heavy atom. The van der Waals surface area contributed by atoms with Gasteiger partial charge in [0.05, 0.1) is 5.69 Å². The number of anilines is 2. The van der Waals surface area contributed by atoms with E-state index in [1.54, 1.807) is 18.2 Å². The van der Waals surface area contributed by atoms with E-state index in [9.17, 15) is 13.6 Å². The van der Waals surface area contributed by atoms with Crippen LogP contribution in [0.15, 0.2) is 40.9 Å². The molecule has 1 amide bonds. The second-order valence-electron chi connectivity index (χ2n) is 5.74. The van der Waals surface area contributed by atoms with Crippen LogP contribution in [0, 0.1) is 11.6 Å². The molecule has 1 fully saturated rings. The lowest BCUT2D eigenvalue weighted by molar-refractivity contribution is -0.118. The average Bonchev–Trinajstić information content (AvgIpc) is 3.10. The number of para-hydroxylation sites is 1. The molecule has 1 saturated heterocycles. The second kappa shape index (κ2) is 7.82. The highest BCUT2D eigenvalue weighted by atomic mass is 79.9. The smallest absolute Gasteiger partial charge is 0.262 e. The first-order valence-corrected chi connectivity index (χ1v) is 8.75. The Balaban J connectivity index is 1.68. The van der Waals surface area contributed by atoms with Crippen molar-refractivity contribution in [1.82, 2.24) is 0 Å². The molecule has 1 aliphatic heterocycles. The molecule has 7 heteroatoms. The van der Waals surface area contributed by atoms with E-state index in [1.807, 2.05) is 4.90 Å². The van der Waals surface area contributed by atoms with Gasteiger partial charge in [0.1, 0.15) is 11.5 Å². The maximum atomic E-state index is 14.2. The summed E-state index contributed by atoms with van der Waals surface area (Å²) >= 11 is 3.15. The summed E-state index contributed by atoms with van der Waals surface area (Å²) < 4.78 is 33.7. The van der Waals surface area contributed by atoms with E-state index in [1.165, 1.54) is 18.2 Å². The van der Waals surface area contributed by atoms with Gasteiger partial charge >= 0.3 is 0 Å². The Labute approximate surface area is 152 Å². The fourth-order valence-electron chi connectivity index (χ4n) is 2.77. The van der Waals surface area contributed by atoms with E-state index in [4.69, 9.17) is 4.74 Å². The minimum atomic E-state index is -0.578. The van der Waals surface area contributed by atoms with E-state index in [0.717, 1.165) is 25.9 Å². The van der Waals surface area contributed by atoms with Gasteiger partial charge in [-0.2, -0.15) is 0 Å². The third kappa shape index (κ3) is 4.28. The lowest BCUT2D eigenvalue weighted by Gasteiger charge is -2.22. The zero-order valence-corrected chi connectivity index (χ0v) is 15.0. The molecule has 0 spiro atoms. The van der Waals surface area contributed by atoms with Gasteiger partial charge in [-0.15, -0.1) is 0 Å². The fourth-order valence-corrected chi connectivity index (χ4v) is 3.10. The summed E-state index contributed by atoms with van der Waals surface area (Å²) in [5.41, 5.74) is 0.787. The lowest BCUT2D eigenvalue weighted by Crippen LogP contribution is -2.25. The predicted molar refractivity (Wildman–Crippen MR) is 96.1 cm³/mol. The van der Waals surface area contributed by atoms with Gasteiger partial charge in [-0.3, -0.25) is 4.79 Å². The third-order valence-electron chi connectivity index (χ3n) is 3.96. The van der Waals surface area contributed by atoms with Crippen LogP contribution in [-0.2, 0) is 4.79 Å². The zero-order chi connectivity index (χ0) is 17.8. The molecule has 0 unspecified atom stereocenters. The minimum Gasteiger partial charge on any atom is -0.481 e. The number of rotatable bonds is 5. The van der Waals surface area contributed by atoms with Crippen LogP contribution in [0.3, 0.4) is 0 Å². The van der Waals surface area contributed by atoms with Crippen LogP contribution in [0.5, 0.6) is 5.75 Å². The second-order valence-corrected chi connectivity index (χ2v) is 6.66. The van der Waals surface area contributed by atoms with Crippen LogP contribution in [-0.4, -0.2) is 25.6 Å². The van der Waals surface area contributed by atoms with Crippen LogP contribution < -0.4 is 15.0 Å². The maximum absolute atomic E-state index is 14.2. The highest BCUT2D eigenvalue weighted by Crippen LogP contribution is 2.31. The van der Waals surface area contributed by atoms with Crippen LogP contribution in [0.25, 0.3) is 0 Å². The summed E-state index contributed by atoms with van der Waals surface area (Å²) in [4.78, 5) is 14.2. The van der Waals surface area contributed by atoms with Gasteiger partial charge in [-0.1, -0.05) is 22.0 Å². The quantitative estimate of drug-likeness (QED) is 0.796. The molecule has 4 nitrogen and oxygen atoms in total. The van der Waals surface area contributed by atoms with Gasteiger partial charge < -0.3 is 15.0 Å². The van der Waals surface area contributed by atoms with E-state index in [0.29, 0.717) is 10.2 Å². The molecule has 0 aromatic heterocycles. The number of amides is 1. The van der Waals surface area contributed by atoms with Crippen LogP contribution in [0.2, 0.25) is 0 Å². The van der Waals surface area contributed by atoms with Crippen LogP contribution in [0.1, 0.15) is 12.8 Å². The number of carbonyl (C=O) groups is 1. The normalized spacial score (nSPS) is 13.8. The van der Waals surface area contributed by atoms with Crippen molar-refractivity contribution in [3.05, 3.63) is 52.5 Å². The number of hydrogen-bond acceptors (Lipinski definition) is 3. The van der Waals surface area contributed by atoms with Crippen molar-refractivity contribution in [2.45, 2.75) is 12.8 Å². The molecule has 0 radical (unpaired) electrons. The Hall–Kier alpha value is -2.15. The fraction of sp³-hybridized carbons (Fsp3) is 0.278. The van der Waals surface area contributed by atoms with Crippen molar-refractivity contribution in [2.24, 2.45) is 0 Å². The average molecular weight is 411 g/mol. The van der Waals surface area contributed by atoms with E-state index in [-0.39, 0.29) is 11.4 Å². The molecular formula is C18H17BrF2N2O2. The summed E-state index contributed by atoms with van der Waals surface area (Å²) in [7, 11) is 0. The number of ether oxygens (including phenoxy) is 1. The Kier molecular flexibility index (Phi) is 5.53. The number of hydrogen-bond donors (Lipinski definition) is 1. The van der Waals surface area contributed by atoms with Gasteiger partial charge in [-0.05, 0) is 43.2 Å². The standard InChI is InChI=1S/C18H17BrF2N2O2/c19-12-6-7-16(14(21)10-12)25-11-17(24)22-18-13(20)4-3-5-15(18)23-8-1-2-9-23/h3-7,10H,1-2,8-9,11H2,(H,22,24). The minimum absolute atomic E-state index is 0.0355. The van der Waals surface area contributed by atoms with Crippen molar-refractivity contribution in [1.29, 1.82) is 0 Å². The van der Waals surface area contributed by atoms with Gasteiger partial charge in [0.15, 0.2) is 18.2 Å². The van der Waals surface area contributed by atoms with Crippen molar-refractivity contribution < 1.29 is 18.3 Å². The number of carbonyl (C=O) groups excluding carboxylic acids is 1. The van der Waals surface area contributed by atoms with Crippen LogP contribution >= 0.6 is 15.9 Å². The molecule has 1 N–H and O–H groups in total. The molecule has 1 heterocycles. The number of benzene rings is 2. The molecule has 0 aliphatic carbocycles. The van der Waals surface area contributed by atoms with Gasteiger partial charge in [0, 0.05) is 17.6 Å². The highest BCUT2D eigenvalue weighted by molar-refractivity contribution is 9.10. The monoisotopic (exact) mass is 410 g/mol. The van der Waals surface area contributed by atoms with Crippen molar-refractivity contribution in [3.8, 4) is 5.75 Å². The largest absolute Gasteiger partial charge is 0.481 e. The molecule has 2 aromatic carbocycles. The molecule has 1 aliphatic rings. The highest BCUT2D eigenvalue weighted by Gasteiger charge is 2.20. The van der Waals surface area contributed by atoms with Gasteiger partial charge in [0.25, 0.3) is 5.91 Å². The Morgan fingerprint density at radius 2 is 1.92 bits per heavy atom. The lowest BCUT2D eigenvalue weighted by atomic mass is 10.2. The molecule has 0 atom stereocenters. The van der Waals surface area contributed by atoms with E-state index >= 15 is 0 Å². The first kappa shape index (κ1) is 17.7. The maximum Gasteiger partial charge on any atom is 0.262 e. The topological polar surface area (TPSA) is 41.6 Å². The Morgan fingerprint density at radius 3 is 2.64 bits per heavy atom. The summed E-state index contributed by atoms with van der Waals surface area (Å²) in [5.74, 6) is -1.67. The van der Waals surface area contributed by atoms with Gasteiger partial charge in [0.2, 0.25) is 0 Å². The molecule has 0 saturated carbocycles. The van der Waals surface area contributed by atoms with E-state index in [2.05, 4.69) is 21.2 Å². The summed E-state index contributed by atoms with van der Waals surface area (Å²) in [5, 5.41) is 2.54. The molecule has 2 aromatic rings. The first-order valence-electron chi connectivity index (χ1n) is 7.96. The SMILES string of the molecule is O=C(COc1ccc(Br)cc1F)Nc1c(F)cccc1N1CCCC1. The Bertz CT molecular complexity index is 780. The summed E-state index contributed by atoms with van der Waals surface area (Å²) in [6.07, 6.45) is 2.08. The van der Waals surface area contributed by atoms with Crippen LogP contribution in [0.4, 0.5) is 20.2 Å². The number of nitrogens with one attached hydrogen (secondary N) is 1. The number of halogens is 3. The van der Waals surface area contributed by atoms with Crippen molar-refractivity contribution in [2.75, 3.05) is 29.9 Å². The molecule has 0 bridgehead atoms. The third-order valence-corrected chi connectivity index (χ3v) is 4.45. The number of nitrogens with zero attached hydrogens (tertiary/aromatic N) is 1. The predicted octanol–water partition coefficient (Wildman–Crippen LogP) is 4.35. The van der Waals surface area contributed by atoms with Crippen molar-refractivity contribution >= 4 is 33.2 Å². The van der Waals surface area contributed by atoms with Crippen molar-refractivity contribution in [3.63, 3.8) is 0 Å². The molecular weight excluding hydrogens is 394 g/mol. The molecule has 25 heavy (non-hydrogen) atoms. The molecule has 3 rings (SSSR count).